The molecular weight excluding hydrogens is 440 g/mol. The lowest BCUT2D eigenvalue weighted by Gasteiger charge is -2.37. The first-order valence-electron chi connectivity index (χ1n) is 16.7. The van der Waals surface area contributed by atoms with Gasteiger partial charge in [-0.2, -0.15) is 0 Å². The van der Waals surface area contributed by atoms with Gasteiger partial charge in [0.05, 0.1) is 12.0 Å². The highest BCUT2D eigenvalue weighted by Gasteiger charge is 2.42. The van der Waals surface area contributed by atoms with Crippen LogP contribution in [0.1, 0.15) is 189 Å². The van der Waals surface area contributed by atoms with Gasteiger partial charge in [-0.1, -0.05) is 164 Å². The van der Waals surface area contributed by atoms with Gasteiger partial charge in [0.15, 0.2) is 0 Å². The molecule has 0 aliphatic rings. The summed E-state index contributed by atoms with van der Waals surface area (Å²) < 4.78 is 6.17. The zero-order chi connectivity index (χ0) is 26.9. The van der Waals surface area contributed by atoms with Crippen molar-refractivity contribution in [1.82, 2.24) is 0 Å². The molecule has 0 saturated heterocycles. The van der Waals surface area contributed by atoms with Crippen molar-refractivity contribution in [2.45, 2.75) is 189 Å². The van der Waals surface area contributed by atoms with Gasteiger partial charge in [0.25, 0.3) is 0 Å². The largest absolute Gasteiger partial charge is 0.465 e. The molecule has 0 aliphatic heterocycles. The van der Waals surface area contributed by atoms with Crippen molar-refractivity contribution in [2.24, 2.45) is 17.3 Å². The number of esters is 1. The first kappa shape index (κ1) is 35.5. The summed E-state index contributed by atoms with van der Waals surface area (Å²) in [7, 11) is 0. The van der Waals surface area contributed by atoms with E-state index in [0.717, 1.165) is 25.7 Å². The first-order chi connectivity index (χ1) is 17.5. The fourth-order valence-corrected chi connectivity index (χ4v) is 5.99. The van der Waals surface area contributed by atoms with Crippen LogP contribution in [0.2, 0.25) is 0 Å². The topological polar surface area (TPSA) is 26.3 Å². The van der Waals surface area contributed by atoms with Gasteiger partial charge in [-0.05, 0) is 37.5 Å². The van der Waals surface area contributed by atoms with Crippen molar-refractivity contribution in [3.8, 4) is 0 Å². The van der Waals surface area contributed by atoms with E-state index in [9.17, 15) is 4.79 Å². The Balaban J connectivity index is 5.52. The number of hydrogen-bond acceptors (Lipinski definition) is 2. The van der Waals surface area contributed by atoms with E-state index < -0.39 is 0 Å². The van der Waals surface area contributed by atoms with Crippen LogP contribution in [-0.4, -0.2) is 12.6 Å². The molecule has 0 aromatic rings. The fraction of sp³-hybridized carbons (Fsp3) is 0.971. The van der Waals surface area contributed by atoms with Crippen LogP contribution in [0.4, 0.5) is 0 Å². The molecule has 36 heavy (non-hydrogen) atoms. The maximum Gasteiger partial charge on any atom is 0.312 e. The Hall–Kier alpha value is -0.530. The molecular formula is C34H68O2. The smallest absolute Gasteiger partial charge is 0.312 e. The van der Waals surface area contributed by atoms with Gasteiger partial charge >= 0.3 is 5.97 Å². The number of carbonyl (C=O) groups excluding carboxylic acids is 1. The molecule has 2 unspecified atom stereocenters. The van der Waals surface area contributed by atoms with Crippen LogP contribution >= 0.6 is 0 Å². The summed E-state index contributed by atoms with van der Waals surface area (Å²) in [5, 5.41) is 0. The minimum Gasteiger partial charge on any atom is -0.465 e. The van der Waals surface area contributed by atoms with E-state index in [1.807, 2.05) is 0 Å². The Bertz CT molecular complexity index is 454. The fourth-order valence-electron chi connectivity index (χ4n) is 5.99. The van der Waals surface area contributed by atoms with Crippen molar-refractivity contribution >= 4 is 5.97 Å². The quantitative estimate of drug-likeness (QED) is 0.0814. The molecule has 0 aromatic heterocycles. The van der Waals surface area contributed by atoms with Crippen LogP contribution in [0.25, 0.3) is 0 Å². The number of unbranched alkanes of at least 4 members (excludes halogenated alkanes) is 12. The molecule has 2 nitrogen and oxygen atoms in total. The summed E-state index contributed by atoms with van der Waals surface area (Å²) in [6.45, 7) is 14.4. The Kier molecular flexibility index (Phi) is 24.4. The molecule has 216 valence electrons. The van der Waals surface area contributed by atoms with Crippen LogP contribution < -0.4 is 0 Å². The maximum absolute atomic E-state index is 14.0. The molecule has 2 atom stereocenters. The second-order valence-electron chi connectivity index (χ2n) is 11.9. The molecule has 2 heteroatoms. The van der Waals surface area contributed by atoms with Crippen LogP contribution in [-0.2, 0) is 9.53 Å². The van der Waals surface area contributed by atoms with E-state index in [1.165, 1.54) is 122 Å². The lowest BCUT2D eigenvalue weighted by atomic mass is 9.67. The zero-order valence-corrected chi connectivity index (χ0v) is 25.9. The highest BCUT2D eigenvalue weighted by atomic mass is 16.5. The zero-order valence-electron chi connectivity index (χ0n) is 25.9. The summed E-state index contributed by atoms with van der Waals surface area (Å²) >= 11 is 0. The highest BCUT2D eigenvalue weighted by Crippen LogP contribution is 2.44. The van der Waals surface area contributed by atoms with Gasteiger partial charge in [-0.25, -0.2) is 0 Å². The minimum absolute atomic E-state index is 0.162. The molecule has 0 saturated carbocycles. The van der Waals surface area contributed by atoms with Crippen molar-refractivity contribution < 1.29 is 9.53 Å². The van der Waals surface area contributed by atoms with Gasteiger partial charge in [-0.3, -0.25) is 4.79 Å². The molecule has 0 amide bonds. The van der Waals surface area contributed by atoms with Gasteiger partial charge in [0.2, 0.25) is 0 Å². The van der Waals surface area contributed by atoms with Gasteiger partial charge in [0, 0.05) is 0 Å². The molecule has 0 heterocycles. The van der Waals surface area contributed by atoms with Crippen LogP contribution in [0.5, 0.6) is 0 Å². The first-order valence-corrected chi connectivity index (χ1v) is 16.7. The third-order valence-electron chi connectivity index (χ3n) is 8.62. The number of carbonyl (C=O) groups is 1. The Labute approximate surface area is 228 Å². The third kappa shape index (κ3) is 17.1. The van der Waals surface area contributed by atoms with Gasteiger partial charge in [-0.15, -0.1) is 0 Å². The van der Waals surface area contributed by atoms with Crippen LogP contribution in [0, 0.1) is 17.3 Å². The van der Waals surface area contributed by atoms with Crippen molar-refractivity contribution in [2.75, 3.05) is 6.61 Å². The average molecular weight is 509 g/mol. The predicted molar refractivity (Wildman–Crippen MR) is 161 cm³/mol. The molecule has 0 N–H and O–H groups in total. The third-order valence-corrected chi connectivity index (χ3v) is 8.62. The Morgan fingerprint density at radius 3 is 1.42 bits per heavy atom. The van der Waals surface area contributed by atoms with Crippen LogP contribution in [0.3, 0.4) is 0 Å². The van der Waals surface area contributed by atoms with Crippen molar-refractivity contribution in [3.63, 3.8) is 0 Å². The molecule has 0 rings (SSSR count). The SMILES string of the molecule is CCCCCCCCOC(=O)C(CCCCCCCC)(CC(CC)CCCC)CC(CC)CCCC. The van der Waals surface area contributed by atoms with Gasteiger partial charge in [0.1, 0.15) is 0 Å². The average Bonchev–Trinajstić information content (AvgIpc) is 2.89. The van der Waals surface area contributed by atoms with Crippen LogP contribution in [0.15, 0.2) is 0 Å². The maximum atomic E-state index is 14.0. The molecule has 0 spiro atoms. The lowest BCUT2D eigenvalue weighted by Crippen LogP contribution is -2.37. The van der Waals surface area contributed by atoms with E-state index in [2.05, 4.69) is 41.5 Å². The monoisotopic (exact) mass is 509 g/mol. The van der Waals surface area contributed by atoms with E-state index >= 15 is 0 Å². The minimum atomic E-state index is -0.268. The number of ether oxygens (including phenoxy) is 1. The summed E-state index contributed by atoms with van der Waals surface area (Å²) in [6, 6.07) is 0. The predicted octanol–water partition coefficient (Wildman–Crippen LogP) is 11.8. The Morgan fingerprint density at radius 1 is 0.556 bits per heavy atom. The number of rotatable bonds is 27. The van der Waals surface area contributed by atoms with E-state index in [-0.39, 0.29) is 11.4 Å². The summed E-state index contributed by atoms with van der Waals surface area (Å²) in [4.78, 5) is 14.0. The van der Waals surface area contributed by atoms with E-state index in [4.69, 9.17) is 4.74 Å². The highest BCUT2D eigenvalue weighted by molar-refractivity contribution is 5.77. The lowest BCUT2D eigenvalue weighted by molar-refractivity contribution is -0.160. The number of hydrogen-bond donors (Lipinski definition) is 0. The standard InChI is InChI=1S/C34H68O2/c1-7-13-17-19-21-23-27-34(29-31(11-5)25-15-9-3,30-32(12-6)26-16-10-4)33(35)36-28-24-22-20-18-14-8-2/h31-32H,7-30H2,1-6H3. The van der Waals surface area contributed by atoms with Crippen molar-refractivity contribution in [3.05, 3.63) is 0 Å². The second kappa shape index (κ2) is 24.8. The molecule has 0 aromatic carbocycles. The second-order valence-corrected chi connectivity index (χ2v) is 11.9. The molecule has 0 bridgehead atoms. The van der Waals surface area contributed by atoms with E-state index in [0.29, 0.717) is 18.4 Å². The molecule has 0 radical (unpaired) electrons. The summed E-state index contributed by atoms with van der Waals surface area (Å²) in [5.74, 6) is 1.46. The van der Waals surface area contributed by atoms with E-state index in [1.54, 1.807) is 0 Å². The summed E-state index contributed by atoms with van der Waals surface area (Å²) in [5.41, 5.74) is -0.268. The molecule has 0 aliphatic carbocycles. The van der Waals surface area contributed by atoms with Crippen molar-refractivity contribution in [1.29, 1.82) is 0 Å². The van der Waals surface area contributed by atoms with Gasteiger partial charge < -0.3 is 4.74 Å². The summed E-state index contributed by atoms with van der Waals surface area (Å²) in [6.07, 6.45) is 28.3. The Morgan fingerprint density at radius 2 is 0.972 bits per heavy atom. The normalized spacial score (nSPS) is 14.9. The molecule has 0 fully saturated rings.